The zero-order valence-electron chi connectivity index (χ0n) is 11.6. The summed E-state index contributed by atoms with van der Waals surface area (Å²) in [5.41, 5.74) is 6.36. The van der Waals surface area contributed by atoms with E-state index in [1.54, 1.807) is 12.1 Å². The van der Waals surface area contributed by atoms with E-state index in [4.69, 9.17) is 15.2 Å². The first kappa shape index (κ1) is 14.6. The molecule has 0 aliphatic rings. The fourth-order valence-corrected chi connectivity index (χ4v) is 1.40. The third-order valence-electron chi connectivity index (χ3n) is 2.42. The van der Waals surface area contributed by atoms with Gasteiger partial charge in [0, 0.05) is 6.07 Å². The zero-order valence-corrected chi connectivity index (χ0v) is 11.6. The number of aromatic nitrogens is 1. The molecule has 0 atom stereocenters. The van der Waals surface area contributed by atoms with Crippen molar-refractivity contribution >= 4 is 5.69 Å². The number of hydrogen-bond donors (Lipinski definition) is 1. The monoisotopic (exact) mass is 252 g/mol. The average molecular weight is 252 g/mol. The molecular formula is C14H24N2O2. The second-order valence-electron chi connectivity index (χ2n) is 4.80. The Hall–Kier alpha value is -1.45. The Morgan fingerprint density at radius 2 is 2.00 bits per heavy atom. The van der Waals surface area contributed by atoms with Gasteiger partial charge in [0.05, 0.1) is 18.9 Å². The van der Waals surface area contributed by atoms with Crippen molar-refractivity contribution in [3.63, 3.8) is 0 Å². The number of pyridine rings is 1. The molecule has 4 nitrogen and oxygen atoms in total. The Labute approximate surface area is 110 Å². The van der Waals surface area contributed by atoms with Crippen molar-refractivity contribution in [2.45, 2.75) is 40.0 Å². The van der Waals surface area contributed by atoms with Crippen molar-refractivity contribution in [3.05, 3.63) is 12.1 Å². The first-order valence-corrected chi connectivity index (χ1v) is 6.65. The summed E-state index contributed by atoms with van der Waals surface area (Å²) in [5.74, 6) is 1.50. The molecule has 1 aromatic heterocycles. The highest BCUT2D eigenvalue weighted by Crippen LogP contribution is 2.22. The van der Waals surface area contributed by atoms with Crippen LogP contribution in [0.15, 0.2) is 12.1 Å². The molecule has 1 rings (SSSR count). The van der Waals surface area contributed by atoms with Crippen LogP contribution in [0.4, 0.5) is 5.69 Å². The molecule has 0 amide bonds. The maximum absolute atomic E-state index is 5.81. The van der Waals surface area contributed by atoms with E-state index >= 15 is 0 Å². The van der Waals surface area contributed by atoms with Gasteiger partial charge in [0.25, 0.3) is 0 Å². The second-order valence-corrected chi connectivity index (χ2v) is 4.80. The Kier molecular flexibility index (Phi) is 6.33. The first-order valence-electron chi connectivity index (χ1n) is 6.65. The second kappa shape index (κ2) is 7.80. The summed E-state index contributed by atoms with van der Waals surface area (Å²) >= 11 is 0. The smallest absolute Gasteiger partial charge is 0.240 e. The fourth-order valence-electron chi connectivity index (χ4n) is 1.40. The number of nitrogens with zero attached hydrogens (tertiary/aromatic N) is 1. The molecular weight excluding hydrogens is 228 g/mol. The Morgan fingerprint density at radius 3 is 2.67 bits per heavy atom. The van der Waals surface area contributed by atoms with E-state index in [-0.39, 0.29) is 0 Å². The molecule has 1 aromatic rings. The van der Waals surface area contributed by atoms with Crippen LogP contribution < -0.4 is 15.2 Å². The van der Waals surface area contributed by atoms with Gasteiger partial charge in [-0.1, -0.05) is 33.6 Å². The van der Waals surface area contributed by atoms with E-state index in [9.17, 15) is 0 Å². The van der Waals surface area contributed by atoms with Gasteiger partial charge in [-0.15, -0.1) is 0 Å². The summed E-state index contributed by atoms with van der Waals surface area (Å²) in [7, 11) is 0. The van der Waals surface area contributed by atoms with E-state index in [1.165, 1.54) is 12.8 Å². The van der Waals surface area contributed by atoms with Gasteiger partial charge in [0.15, 0.2) is 0 Å². The van der Waals surface area contributed by atoms with E-state index in [0.717, 1.165) is 6.42 Å². The number of hydrogen-bond acceptors (Lipinski definition) is 4. The van der Waals surface area contributed by atoms with Crippen molar-refractivity contribution < 1.29 is 9.47 Å². The number of unbranched alkanes of at least 4 members (excludes halogenated alkanes) is 2. The first-order chi connectivity index (χ1) is 8.63. The van der Waals surface area contributed by atoms with Crippen LogP contribution in [-0.2, 0) is 0 Å². The lowest BCUT2D eigenvalue weighted by atomic mass is 10.2. The Bertz CT molecular complexity index is 354. The van der Waals surface area contributed by atoms with Gasteiger partial charge in [-0.2, -0.15) is 4.98 Å². The van der Waals surface area contributed by atoms with E-state index in [0.29, 0.717) is 36.6 Å². The molecule has 18 heavy (non-hydrogen) atoms. The summed E-state index contributed by atoms with van der Waals surface area (Å²) in [6, 6.07) is 3.56. The lowest BCUT2D eigenvalue weighted by molar-refractivity contribution is 0.251. The van der Waals surface area contributed by atoms with Gasteiger partial charge in [0.1, 0.15) is 0 Å². The summed E-state index contributed by atoms with van der Waals surface area (Å²) in [4.78, 5) is 4.27. The van der Waals surface area contributed by atoms with E-state index < -0.39 is 0 Å². The number of nitrogen functional groups attached to an aromatic ring is 1. The summed E-state index contributed by atoms with van der Waals surface area (Å²) < 4.78 is 11.1. The van der Waals surface area contributed by atoms with Crippen LogP contribution in [0.25, 0.3) is 0 Å². The highest BCUT2D eigenvalue weighted by atomic mass is 16.5. The van der Waals surface area contributed by atoms with Crippen molar-refractivity contribution in [1.82, 2.24) is 4.98 Å². The average Bonchev–Trinajstić information content (AvgIpc) is 2.34. The molecule has 0 fully saturated rings. The lowest BCUT2D eigenvalue weighted by Crippen LogP contribution is -2.08. The van der Waals surface area contributed by atoms with Gasteiger partial charge in [-0.3, -0.25) is 0 Å². The minimum Gasteiger partial charge on any atom is -0.478 e. The topological polar surface area (TPSA) is 57.4 Å². The molecule has 0 unspecified atom stereocenters. The quantitative estimate of drug-likeness (QED) is 0.721. The SMILES string of the molecule is CCCCCOc1ccc(N)c(OCC(C)C)n1. The molecule has 1 heterocycles. The summed E-state index contributed by atoms with van der Waals surface area (Å²) in [6.45, 7) is 7.63. The fraction of sp³-hybridized carbons (Fsp3) is 0.643. The molecule has 0 bridgehead atoms. The van der Waals surface area contributed by atoms with Crippen molar-refractivity contribution in [2.24, 2.45) is 5.92 Å². The number of rotatable bonds is 8. The highest BCUT2D eigenvalue weighted by molar-refractivity contribution is 5.49. The number of anilines is 1. The third kappa shape index (κ3) is 5.25. The predicted octanol–water partition coefficient (Wildman–Crippen LogP) is 3.27. The molecule has 0 radical (unpaired) electrons. The molecule has 0 spiro atoms. The van der Waals surface area contributed by atoms with Crippen molar-refractivity contribution in [3.8, 4) is 11.8 Å². The van der Waals surface area contributed by atoms with Gasteiger partial charge >= 0.3 is 0 Å². The van der Waals surface area contributed by atoms with Crippen LogP contribution in [0.2, 0.25) is 0 Å². The van der Waals surface area contributed by atoms with Gasteiger partial charge in [-0.25, -0.2) is 0 Å². The largest absolute Gasteiger partial charge is 0.478 e. The van der Waals surface area contributed by atoms with Crippen LogP contribution in [0, 0.1) is 5.92 Å². The zero-order chi connectivity index (χ0) is 13.4. The van der Waals surface area contributed by atoms with Crippen LogP contribution in [-0.4, -0.2) is 18.2 Å². The van der Waals surface area contributed by atoms with Crippen molar-refractivity contribution in [2.75, 3.05) is 18.9 Å². The standard InChI is InChI=1S/C14H24N2O2/c1-4-5-6-9-17-13-8-7-12(15)14(16-13)18-10-11(2)3/h7-8,11H,4-6,9-10,15H2,1-3H3. The third-order valence-corrected chi connectivity index (χ3v) is 2.42. The molecule has 0 aromatic carbocycles. The molecule has 0 aliphatic heterocycles. The maximum Gasteiger partial charge on any atom is 0.240 e. The Balaban J connectivity index is 2.51. The minimum atomic E-state index is 0.445. The van der Waals surface area contributed by atoms with E-state index in [2.05, 4.69) is 25.8 Å². The molecule has 102 valence electrons. The van der Waals surface area contributed by atoms with Crippen LogP contribution in [0.3, 0.4) is 0 Å². The van der Waals surface area contributed by atoms with Gasteiger partial charge < -0.3 is 15.2 Å². The number of ether oxygens (including phenoxy) is 2. The van der Waals surface area contributed by atoms with E-state index in [1.807, 2.05) is 0 Å². The molecule has 0 saturated carbocycles. The molecule has 0 saturated heterocycles. The van der Waals surface area contributed by atoms with Crippen LogP contribution in [0.1, 0.15) is 40.0 Å². The molecule has 0 aliphatic carbocycles. The predicted molar refractivity (Wildman–Crippen MR) is 74.0 cm³/mol. The minimum absolute atomic E-state index is 0.445. The maximum atomic E-state index is 5.81. The summed E-state index contributed by atoms with van der Waals surface area (Å²) in [6.07, 6.45) is 3.40. The lowest BCUT2D eigenvalue weighted by Gasteiger charge is -2.11. The summed E-state index contributed by atoms with van der Waals surface area (Å²) in [5, 5.41) is 0. The molecule has 4 heteroatoms. The van der Waals surface area contributed by atoms with Gasteiger partial charge in [-0.05, 0) is 18.4 Å². The number of nitrogens with two attached hydrogens (primary N) is 1. The normalized spacial score (nSPS) is 10.7. The Morgan fingerprint density at radius 1 is 1.22 bits per heavy atom. The molecule has 2 N–H and O–H groups in total. The van der Waals surface area contributed by atoms with Crippen LogP contribution >= 0.6 is 0 Å². The highest BCUT2D eigenvalue weighted by Gasteiger charge is 2.06. The van der Waals surface area contributed by atoms with Crippen LogP contribution in [0.5, 0.6) is 11.8 Å². The van der Waals surface area contributed by atoms with Crippen molar-refractivity contribution in [1.29, 1.82) is 0 Å². The van der Waals surface area contributed by atoms with Gasteiger partial charge in [0.2, 0.25) is 11.8 Å².